The second-order valence-corrected chi connectivity index (χ2v) is 11.1. The summed E-state index contributed by atoms with van der Waals surface area (Å²) in [6.07, 6.45) is 18.1. The van der Waals surface area contributed by atoms with Gasteiger partial charge < -0.3 is 5.11 Å². The molecule has 4 saturated carbocycles. The Morgan fingerprint density at radius 1 is 1.17 bits per heavy atom. The summed E-state index contributed by atoms with van der Waals surface area (Å²) in [5.74, 6) is 4.09. The SMILES string of the molecule is C=CC1CCC2C3CC(C)C4=CC(=C)CCC45CC5(C=C)C3CCC12C.CCO. The second kappa shape index (κ2) is 7.26. The van der Waals surface area contributed by atoms with Crippen LogP contribution in [-0.4, -0.2) is 11.7 Å². The van der Waals surface area contributed by atoms with Crippen LogP contribution in [0.25, 0.3) is 0 Å². The van der Waals surface area contributed by atoms with E-state index in [4.69, 9.17) is 5.11 Å². The molecule has 0 aromatic carbocycles. The van der Waals surface area contributed by atoms with Crippen LogP contribution in [0.2, 0.25) is 0 Å². The summed E-state index contributed by atoms with van der Waals surface area (Å²) >= 11 is 0. The molecule has 8 unspecified atom stereocenters. The third-order valence-electron chi connectivity index (χ3n) is 10.1. The number of hydrogen-bond acceptors (Lipinski definition) is 1. The Morgan fingerprint density at radius 3 is 2.55 bits per heavy atom. The summed E-state index contributed by atoms with van der Waals surface area (Å²) in [4.78, 5) is 0. The van der Waals surface area contributed by atoms with E-state index >= 15 is 0 Å². The number of allylic oxidation sites excluding steroid dienone is 5. The van der Waals surface area contributed by atoms with Crippen LogP contribution in [0.1, 0.15) is 72.1 Å². The van der Waals surface area contributed by atoms with E-state index < -0.39 is 0 Å². The Balaban J connectivity index is 0.000000645. The van der Waals surface area contributed by atoms with Gasteiger partial charge in [-0.2, -0.15) is 0 Å². The van der Waals surface area contributed by atoms with Crippen LogP contribution in [0, 0.1) is 45.8 Å². The van der Waals surface area contributed by atoms with E-state index in [2.05, 4.69) is 51.8 Å². The van der Waals surface area contributed by atoms with Gasteiger partial charge in [0.25, 0.3) is 0 Å². The van der Waals surface area contributed by atoms with E-state index in [1.807, 2.05) is 0 Å². The molecule has 0 radical (unpaired) electrons. The van der Waals surface area contributed by atoms with Crippen molar-refractivity contribution in [2.75, 3.05) is 6.61 Å². The summed E-state index contributed by atoms with van der Waals surface area (Å²) in [5.41, 5.74) is 4.45. The molecule has 0 aliphatic heterocycles. The molecule has 5 aliphatic carbocycles. The van der Waals surface area contributed by atoms with Crippen molar-refractivity contribution in [3.8, 4) is 0 Å². The predicted molar refractivity (Wildman–Crippen MR) is 123 cm³/mol. The van der Waals surface area contributed by atoms with Gasteiger partial charge in [0, 0.05) is 17.4 Å². The maximum Gasteiger partial charge on any atom is 0.0402 e. The maximum absolute atomic E-state index is 7.57. The molecule has 1 nitrogen and oxygen atoms in total. The Kier molecular flexibility index (Phi) is 5.30. The zero-order valence-corrected chi connectivity index (χ0v) is 19.1. The van der Waals surface area contributed by atoms with Crippen LogP contribution in [0.15, 0.2) is 49.1 Å². The molecule has 0 aromatic heterocycles. The lowest BCUT2D eigenvalue weighted by Crippen LogP contribution is -2.44. The van der Waals surface area contributed by atoms with Crippen molar-refractivity contribution in [1.82, 2.24) is 0 Å². The molecule has 0 amide bonds. The Morgan fingerprint density at radius 2 is 1.90 bits per heavy atom. The fourth-order valence-corrected chi connectivity index (χ4v) is 8.83. The lowest BCUT2D eigenvalue weighted by atomic mass is 9.54. The molecule has 0 bridgehead atoms. The van der Waals surface area contributed by atoms with Crippen molar-refractivity contribution >= 4 is 0 Å². The number of hydrogen-bond donors (Lipinski definition) is 1. The minimum absolute atomic E-state index is 0.250. The quantitative estimate of drug-likeness (QED) is 0.495. The van der Waals surface area contributed by atoms with Gasteiger partial charge in [-0.25, -0.2) is 0 Å². The van der Waals surface area contributed by atoms with E-state index in [-0.39, 0.29) is 6.61 Å². The standard InChI is InChI=1S/C26H36.C2H6O/c1-6-19-8-9-21-20-15-18(4)23-14-17(3)10-13-26(23)16-25(26,7-2)22(20)11-12-24(19,21)5;1-2-3/h6-7,14,18-22H,1-3,8-13,15-16H2,4-5H3;3H,2H2,1H3. The molecule has 8 atom stereocenters. The summed E-state index contributed by atoms with van der Waals surface area (Å²) in [6.45, 7) is 20.0. The van der Waals surface area contributed by atoms with Gasteiger partial charge in [0.15, 0.2) is 0 Å². The van der Waals surface area contributed by atoms with E-state index in [0.29, 0.717) is 22.2 Å². The average Bonchev–Trinajstić information content (AvgIpc) is 3.23. The Bertz CT molecular complexity index is 731. The molecule has 1 spiro atoms. The van der Waals surface area contributed by atoms with Crippen molar-refractivity contribution in [2.24, 2.45) is 45.8 Å². The number of rotatable bonds is 2. The number of aliphatic hydroxyl groups is 1. The third kappa shape index (κ3) is 2.75. The van der Waals surface area contributed by atoms with E-state index in [1.165, 1.54) is 56.9 Å². The topological polar surface area (TPSA) is 20.2 Å². The van der Waals surface area contributed by atoms with Crippen molar-refractivity contribution in [2.45, 2.75) is 72.1 Å². The molecule has 0 heterocycles. The summed E-state index contributed by atoms with van der Waals surface area (Å²) in [6, 6.07) is 0. The predicted octanol–water partition coefficient (Wildman–Crippen LogP) is 7.11. The van der Waals surface area contributed by atoms with Gasteiger partial charge >= 0.3 is 0 Å². The van der Waals surface area contributed by atoms with Crippen LogP contribution in [-0.2, 0) is 0 Å². The Labute approximate surface area is 179 Å². The van der Waals surface area contributed by atoms with Crippen LogP contribution in [0.5, 0.6) is 0 Å². The molecular weight excluding hydrogens is 352 g/mol. The average molecular weight is 395 g/mol. The highest BCUT2D eigenvalue weighted by atomic mass is 16.2. The van der Waals surface area contributed by atoms with Crippen LogP contribution in [0.3, 0.4) is 0 Å². The lowest BCUT2D eigenvalue weighted by Gasteiger charge is -2.50. The van der Waals surface area contributed by atoms with E-state index in [1.54, 1.807) is 12.5 Å². The van der Waals surface area contributed by atoms with Crippen molar-refractivity contribution < 1.29 is 5.11 Å². The molecule has 5 rings (SSSR count). The molecular formula is C28H42O. The summed E-state index contributed by atoms with van der Waals surface area (Å²) < 4.78 is 0. The van der Waals surface area contributed by atoms with Crippen LogP contribution >= 0.6 is 0 Å². The molecule has 5 aliphatic rings. The van der Waals surface area contributed by atoms with Crippen molar-refractivity contribution in [3.05, 3.63) is 49.1 Å². The molecule has 160 valence electrons. The zero-order valence-electron chi connectivity index (χ0n) is 19.1. The first-order valence-corrected chi connectivity index (χ1v) is 12.1. The van der Waals surface area contributed by atoms with Crippen LogP contribution in [0.4, 0.5) is 0 Å². The monoisotopic (exact) mass is 394 g/mol. The number of fused-ring (bicyclic) bond motifs is 4. The first-order valence-electron chi connectivity index (χ1n) is 12.1. The molecule has 0 saturated heterocycles. The lowest BCUT2D eigenvalue weighted by molar-refractivity contribution is -0.00643. The van der Waals surface area contributed by atoms with E-state index in [0.717, 1.165) is 23.7 Å². The third-order valence-corrected chi connectivity index (χ3v) is 10.1. The van der Waals surface area contributed by atoms with Gasteiger partial charge in [-0.1, -0.05) is 49.8 Å². The zero-order chi connectivity index (χ0) is 21.0. The van der Waals surface area contributed by atoms with Gasteiger partial charge in [-0.15, -0.1) is 13.2 Å². The van der Waals surface area contributed by atoms with Crippen molar-refractivity contribution in [1.29, 1.82) is 0 Å². The highest BCUT2D eigenvalue weighted by molar-refractivity contribution is 5.45. The Hall–Kier alpha value is -1.08. The molecule has 1 N–H and O–H groups in total. The molecule has 4 fully saturated rings. The van der Waals surface area contributed by atoms with Gasteiger partial charge in [-0.05, 0) is 93.3 Å². The normalized spacial score (nSPS) is 49.7. The second-order valence-electron chi connectivity index (χ2n) is 11.1. The summed E-state index contributed by atoms with van der Waals surface area (Å²) in [5, 5.41) is 7.57. The maximum atomic E-state index is 7.57. The minimum atomic E-state index is 0.250. The smallest absolute Gasteiger partial charge is 0.0402 e. The number of aliphatic hydroxyl groups excluding tert-OH is 1. The fourth-order valence-electron chi connectivity index (χ4n) is 8.83. The van der Waals surface area contributed by atoms with Crippen molar-refractivity contribution in [3.63, 3.8) is 0 Å². The fraction of sp³-hybridized carbons (Fsp3) is 0.714. The van der Waals surface area contributed by atoms with Crippen LogP contribution < -0.4 is 0 Å². The molecule has 0 aromatic rings. The van der Waals surface area contributed by atoms with Gasteiger partial charge in [0.05, 0.1) is 0 Å². The van der Waals surface area contributed by atoms with Gasteiger partial charge in [0.1, 0.15) is 0 Å². The summed E-state index contributed by atoms with van der Waals surface area (Å²) in [7, 11) is 0. The highest BCUT2D eigenvalue weighted by Crippen LogP contribution is 2.81. The van der Waals surface area contributed by atoms with Gasteiger partial charge in [0.2, 0.25) is 0 Å². The van der Waals surface area contributed by atoms with Gasteiger partial charge in [-0.3, -0.25) is 0 Å². The van der Waals surface area contributed by atoms with E-state index in [9.17, 15) is 0 Å². The highest BCUT2D eigenvalue weighted by Gasteiger charge is 2.74. The largest absolute Gasteiger partial charge is 0.397 e. The first-order chi connectivity index (χ1) is 13.8. The minimum Gasteiger partial charge on any atom is -0.397 e. The first kappa shape index (κ1) is 21.2. The molecule has 29 heavy (non-hydrogen) atoms. The molecule has 1 heteroatoms.